The summed E-state index contributed by atoms with van der Waals surface area (Å²) in [5.74, 6) is 1.58. The van der Waals surface area contributed by atoms with Crippen molar-refractivity contribution >= 4 is 16.7 Å². The summed E-state index contributed by atoms with van der Waals surface area (Å²) >= 11 is 0. The summed E-state index contributed by atoms with van der Waals surface area (Å²) in [6.07, 6.45) is 0. The van der Waals surface area contributed by atoms with Gasteiger partial charge in [-0.05, 0) is 24.3 Å². The summed E-state index contributed by atoms with van der Waals surface area (Å²) in [7, 11) is 0. The predicted molar refractivity (Wildman–Crippen MR) is 91.0 cm³/mol. The third kappa shape index (κ3) is 2.67. The van der Waals surface area contributed by atoms with Crippen molar-refractivity contribution in [1.82, 2.24) is 30.2 Å². The van der Waals surface area contributed by atoms with Gasteiger partial charge in [-0.2, -0.15) is 4.80 Å². The highest BCUT2D eigenvalue weighted by Crippen LogP contribution is 2.18. The molecule has 118 valence electrons. The highest BCUT2D eigenvalue weighted by atomic mass is 15.6. The Labute approximate surface area is 138 Å². The van der Waals surface area contributed by atoms with Crippen LogP contribution in [0.15, 0.2) is 48.5 Å². The number of nitrogens with zero attached hydrogens (tertiary/aromatic N) is 6. The van der Waals surface area contributed by atoms with Crippen LogP contribution in [0.25, 0.3) is 22.3 Å². The van der Waals surface area contributed by atoms with Crippen LogP contribution in [0.2, 0.25) is 0 Å². The summed E-state index contributed by atoms with van der Waals surface area (Å²) in [4.78, 5) is 10.3. The summed E-state index contributed by atoms with van der Waals surface area (Å²) in [5, 5.41) is 13.4. The van der Waals surface area contributed by atoms with Crippen molar-refractivity contribution in [3.8, 4) is 11.4 Å². The zero-order chi connectivity index (χ0) is 16.5. The molecule has 0 bridgehead atoms. The van der Waals surface area contributed by atoms with Crippen LogP contribution in [0.4, 0.5) is 5.82 Å². The van der Waals surface area contributed by atoms with E-state index in [4.69, 9.17) is 5.73 Å². The van der Waals surface area contributed by atoms with Gasteiger partial charge >= 0.3 is 0 Å². The predicted octanol–water partition coefficient (Wildman–Crippen LogP) is 2.22. The number of nitrogens with two attached hydrogens (primary N) is 1. The number of rotatable bonds is 3. The lowest BCUT2D eigenvalue weighted by Gasteiger charge is -2.04. The zero-order valence-electron chi connectivity index (χ0n) is 13.1. The maximum atomic E-state index is 6.00. The lowest BCUT2D eigenvalue weighted by Crippen LogP contribution is -2.09. The Morgan fingerprint density at radius 2 is 1.79 bits per heavy atom. The van der Waals surface area contributed by atoms with Gasteiger partial charge in [0.1, 0.15) is 12.4 Å². The Morgan fingerprint density at radius 3 is 2.62 bits per heavy atom. The van der Waals surface area contributed by atoms with Gasteiger partial charge in [0.25, 0.3) is 0 Å². The fourth-order valence-corrected chi connectivity index (χ4v) is 2.48. The monoisotopic (exact) mass is 317 g/mol. The van der Waals surface area contributed by atoms with E-state index >= 15 is 0 Å². The van der Waals surface area contributed by atoms with Gasteiger partial charge in [0.15, 0.2) is 5.82 Å². The van der Waals surface area contributed by atoms with Crippen molar-refractivity contribution in [3.63, 3.8) is 0 Å². The molecule has 0 radical (unpaired) electrons. The molecule has 0 unspecified atom stereocenters. The van der Waals surface area contributed by atoms with Gasteiger partial charge in [-0.1, -0.05) is 42.0 Å². The van der Waals surface area contributed by atoms with Crippen LogP contribution in [0.5, 0.6) is 0 Å². The van der Waals surface area contributed by atoms with Gasteiger partial charge < -0.3 is 5.73 Å². The molecule has 7 nitrogen and oxygen atoms in total. The standard InChI is InChI=1S/C17H15N7/c1-11-6-8-12(9-7-11)17-21-23-24(22-17)10-15-19-14-5-3-2-4-13(14)16(18)20-15/h2-9H,10H2,1H3,(H2,18,19,20). The maximum absolute atomic E-state index is 6.00. The molecule has 2 N–H and O–H groups in total. The molecular weight excluding hydrogens is 302 g/mol. The summed E-state index contributed by atoms with van der Waals surface area (Å²) in [6, 6.07) is 15.6. The van der Waals surface area contributed by atoms with Crippen molar-refractivity contribution in [2.45, 2.75) is 13.5 Å². The molecule has 2 aromatic heterocycles. The van der Waals surface area contributed by atoms with Gasteiger partial charge in [0.2, 0.25) is 5.82 Å². The maximum Gasteiger partial charge on any atom is 0.204 e. The van der Waals surface area contributed by atoms with Gasteiger partial charge in [0.05, 0.1) is 5.52 Å². The van der Waals surface area contributed by atoms with Crippen molar-refractivity contribution in [2.75, 3.05) is 5.73 Å². The minimum absolute atomic E-state index is 0.313. The second-order valence-corrected chi connectivity index (χ2v) is 5.55. The molecule has 0 aliphatic carbocycles. The number of nitrogen functional groups attached to an aromatic ring is 1. The van der Waals surface area contributed by atoms with Gasteiger partial charge in [0, 0.05) is 10.9 Å². The topological polar surface area (TPSA) is 95.4 Å². The van der Waals surface area contributed by atoms with Crippen LogP contribution >= 0.6 is 0 Å². The first-order valence-corrected chi connectivity index (χ1v) is 7.55. The first-order valence-electron chi connectivity index (χ1n) is 7.55. The molecule has 4 rings (SSSR count). The normalized spacial score (nSPS) is 11.0. The molecule has 24 heavy (non-hydrogen) atoms. The lowest BCUT2D eigenvalue weighted by atomic mass is 10.1. The van der Waals surface area contributed by atoms with E-state index in [1.165, 1.54) is 10.4 Å². The molecule has 0 aliphatic rings. The van der Waals surface area contributed by atoms with E-state index in [0.717, 1.165) is 16.5 Å². The van der Waals surface area contributed by atoms with E-state index in [2.05, 4.69) is 25.4 Å². The second-order valence-electron chi connectivity index (χ2n) is 5.55. The molecule has 0 aliphatic heterocycles. The Kier molecular flexibility index (Phi) is 3.38. The average molecular weight is 317 g/mol. The van der Waals surface area contributed by atoms with Crippen LogP contribution in [-0.2, 0) is 6.54 Å². The molecule has 0 amide bonds. The van der Waals surface area contributed by atoms with E-state index in [1.807, 2.05) is 55.5 Å². The number of tetrazole rings is 1. The summed E-state index contributed by atoms with van der Waals surface area (Å²) < 4.78 is 0. The fourth-order valence-electron chi connectivity index (χ4n) is 2.48. The number of benzene rings is 2. The van der Waals surface area contributed by atoms with Gasteiger partial charge in [-0.3, -0.25) is 0 Å². The van der Waals surface area contributed by atoms with E-state index in [1.54, 1.807) is 0 Å². The number of para-hydroxylation sites is 1. The van der Waals surface area contributed by atoms with Crippen molar-refractivity contribution < 1.29 is 0 Å². The minimum Gasteiger partial charge on any atom is -0.383 e. The Hall–Kier alpha value is -3.35. The van der Waals surface area contributed by atoms with Crippen LogP contribution in [0, 0.1) is 6.92 Å². The Morgan fingerprint density at radius 1 is 1.00 bits per heavy atom. The number of aromatic nitrogens is 6. The van der Waals surface area contributed by atoms with E-state index < -0.39 is 0 Å². The van der Waals surface area contributed by atoms with E-state index in [0.29, 0.717) is 24.0 Å². The minimum atomic E-state index is 0.313. The quantitative estimate of drug-likeness (QED) is 0.622. The van der Waals surface area contributed by atoms with Crippen LogP contribution < -0.4 is 5.73 Å². The van der Waals surface area contributed by atoms with E-state index in [-0.39, 0.29) is 0 Å². The lowest BCUT2D eigenvalue weighted by molar-refractivity contribution is 0.556. The van der Waals surface area contributed by atoms with Crippen LogP contribution in [-0.4, -0.2) is 30.2 Å². The third-order valence-corrected chi connectivity index (χ3v) is 3.72. The number of fused-ring (bicyclic) bond motifs is 1. The fraction of sp³-hybridized carbons (Fsp3) is 0.118. The number of anilines is 1. The first-order chi connectivity index (χ1) is 11.7. The van der Waals surface area contributed by atoms with E-state index in [9.17, 15) is 0 Å². The molecule has 0 spiro atoms. The van der Waals surface area contributed by atoms with Crippen LogP contribution in [0.3, 0.4) is 0 Å². The molecule has 0 saturated heterocycles. The second kappa shape index (κ2) is 5.69. The number of hydrogen-bond donors (Lipinski definition) is 1. The number of hydrogen-bond acceptors (Lipinski definition) is 6. The summed E-state index contributed by atoms with van der Waals surface area (Å²) in [5.41, 5.74) is 8.92. The largest absolute Gasteiger partial charge is 0.383 e. The van der Waals surface area contributed by atoms with Crippen LogP contribution in [0.1, 0.15) is 11.4 Å². The van der Waals surface area contributed by atoms with Gasteiger partial charge in [-0.15, -0.1) is 10.2 Å². The molecule has 0 fully saturated rings. The Balaban J connectivity index is 1.63. The first kappa shape index (κ1) is 14.3. The van der Waals surface area contributed by atoms with Crippen molar-refractivity contribution in [1.29, 1.82) is 0 Å². The highest BCUT2D eigenvalue weighted by molar-refractivity contribution is 5.87. The molecular formula is C17H15N7. The SMILES string of the molecule is Cc1ccc(-c2nnn(Cc3nc(N)c4ccccc4n3)n2)cc1. The Bertz CT molecular complexity index is 1010. The highest BCUT2D eigenvalue weighted by Gasteiger charge is 2.09. The molecule has 7 heteroatoms. The molecule has 2 heterocycles. The zero-order valence-corrected chi connectivity index (χ0v) is 13.1. The number of aryl methyl sites for hydroxylation is 1. The van der Waals surface area contributed by atoms with Crippen molar-refractivity contribution in [2.24, 2.45) is 0 Å². The molecule has 0 atom stereocenters. The average Bonchev–Trinajstić information content (AvgIpc) is 3.04. The molecule has 2 aromatic carbocycles. The smallest absolute Gasteiger partial charge is 0.204 e. The van der Waals surface area contributed by atoms with Crippen molar-refractivity contribution in [3.05, 3.63) is 59.9 Å². The third-order valence-electron chi connectivity index (χ3n) is 3.72. The van der Waals surface area contributed by atoms with Gasteiger partial charge in [-0.25, -0.2) is 9.97 Å². The summed E-state index contributed by atoms with van der Waals surface area (Å²) in [6.45, 7) is 2.35. The molecule has 4 aromatic rings. The molecule has 0 saturated carbocycles.